The van der Waals surface area contributed by atoms with Gasteiger partial charge in [-0.2, -0.15) is 5.10 Å². The Kier molecular flexibility index (Phi) is 7.36. The van der Waals surface area contributed by atoms with Crippen LogP contribution in [0.5, 0.6) is 5.88 Å². The van der Waals surface area contributed by atoms with Gasteiger partial charge >= 0.3 is 0 Å². The molecule has 1 saturated heterocycles. The number of aryl methyl sites for hydroxylation is 1. The molecule has 162 valence electrons. The van der Waals surface area contributed by atoms with Crippen LogP contribution in [0.25, 0.3) is 22.0 Å². The Balaban J connectivity index is 0.00000136. The number of fused-ring (bicyclic) bond motifs is 1. The molecule has 1 aromatic carbocycles. The lowest BCUT2D eigenvalue weighted by atomic mass is 10.0. The topological polar surface area (TPSA) is 66.9 Å². The first-order valence-electron chi connectivity index (χ1n) is 10.00. The van der Waals surface area contributed by atoms with Crippen molar-refractivity contribution < 1.29 is 4.74 Å². The van der Waals surface area contributed by atoms with Crippen LogP contribution in [0.2, 0.25) is 0 Å². The average molecular weight is 458 g/mol. The number of pyridine rings is 2. The van der Waals surface area contributed by atoms with Crippen molar-refractivity contribution in [2.24, 2.45) is 0 Å². The van der Waals surface area contributed by atoms with E-state index >= 15 is 0 Å². The van der Waals surface area contributed by atoms with Crippen LogP contribution < -0.4 is 9.64 Å². The Hall–Kier alpha value is -2.83. The van der Waals surface area contributed by atoms with Crippen LogP contribution in [0, 0.1) is 6.92 Å². The van der Waals surface area contributed by atoms with Crippen molar-refractivity contribution in [2.75, 3.05) is 18.0 Å². The van der Waals surface area contributed by atoms with E-state index in [2.05, 4.69) is 49.3 Å². The first kappa shape index (κ1) is 22.8. The second-order valence-electron chi connectivity index (χ2n) is 7.44. The van der Waals surface area contributed by atoms with Gasteiger partial charge < -0.3 is 9.64 Å². The molecule has 1 N–H and O–H groups in total. The molecule has 8 heteroatoms. The number of rotatable bonds is 4. The average Bonchev–Trinajstić information content (AvgIpc) is 3.20. The highest BCUT2D eigenvalue weighted by atomic mass is 35.5. The maximum atomic E-state index is 6.05. The smallest absolute Gasteiger partial charge is 0.213 e. The van der Waals surface area contributed by atoms with Gasteiger partial charge in [0.2, 0.25) is 5.88 Å². The molecule has 0 radical (unpaired) electrons. The van der Waals surface area contributed by atoms with E-state index in [9.17, 15) is 0 Å². The van der Waals surface area contributed by atoms with Crippen molar-refractivity contribution in [3.63, 3.8) is 0 Å². The lowest BCUT2D eigenvalue weighted by molar-refractivity contribution is 0.164. The van der Waals surface area contributed by atoms with E-state index in [-0.39, 0.29) is 30.9 Å². The molecule has 1 fully saturated rings. The SMILES string of the molecule is Cc1[nH]ncc1-c1ccc2nccc(N3CCC(Oc4ccccn4)CC3)c2c1.Cl.Cl. The van der Waals surface area contributed by atoms with Gasteiger partial charge in [0.1, 0.15) is 6.10 Å². The number of halogens is 2. The minimum absolute atomic E-state index is 0. The maximum Gasteiger partial charge on any atom is 0.213 e. The standard InChI is InChI=1S/C23H23N5O.2ClH/c1-16-20(15-26-27-16)17-5-6-21-19(14-17)22(7-11-24-21)28-12-8-18(9-13-28)29-23-4-2-3-10-25-23;;/h2-7,10-11,14-15,18H,8-9,12-13H2,1H3,(H,26,27);2*1H. The molecule has 3 aromatic heterocycles. The molecular weight excluding hydrogens is 433 g/mol. The molecule has 0 atom stereocenters. The summed E-state index contributed by atoms with van der Waals surface area (Å²) in [5.74, 6) is 0.709. The lowest BCUT2D eigenvalue weighted by Gasteiger charge is -2.34. The zero-order valence-electron chi connectivity index (χ0n) is 17.2. The minimum atomic E-state index is 0. The van der Waals surface area contributed by atoms with Crippen LogP contribution >= 0.6 is 24.8 Å². The lowest BCUT2D eigenvalue weighted by Crippen LogP contribution is -2.38. The van der Waals surface area contributed by atoms with Gasteiger partial charge in [-0.15, -0.1) is 24.8 Å². The normalized spacial score (nSPS) is 14.0. The summed E-state index contributed by atoms with van der Waals surface area (Å²) in [4.78, 5) is 11.3. The Labute approximate surface area is 193 Å². The van der Waals surface area contributed by atoms with Crippen LogP contribution in [-0.2, 0) is 0 Å². The van der Waals surface area contributed by atoms with Gasteiger partial charge in [-0.05, 0) is 36.8 Å². The van der Waals surface area contributed by atoms with E-state index < -0.39 is 0 Å². The van der Waals surface area contributed by atoms with E-state index in [1.807, 2.05) is 37.5 Å². The summed E-state index contributed by atoms with van der Waals surface area (Å²) < 4.78 is 6.05. The van der Waals surface area contributed by atoms with Gasteiger partial charge in [0.25, 0.3) is 0 Å². The zero-order chi connectivity index (χ0) is 19.6. The summed E-state index contributed by atoms with van der Waals surface area (Å²) in [5.41, 5.74) is 5.60. The van der Waals surface area contributed by atoms with Gasteiger partial charge in [0.05, 0.1) is 11.7 Å². The molecular formula is C23H25Cl2N5O. The third kappa shape index (κ3) is 4.75. The third-order valence-corrected chi connectivity index (χ3v) is 5.57. The number of piperidine rings is 1. The molecule has 0 unspecified atom stereocenters. The number of aromatic amines is 1. The van der Waals surface area contributed by atoms with E-state index in [4.69, 9.17) is 4.74 Å². The van der Waals surface area contributed by atoms with Crippen LogP contribution in [0.3, 0.4) is 0 Å². The molecule has 4 heterocycles. The Morgan fingerprint density at radius 2 is 1.84 bits per heavy atom. The molecule has 0 saturated carbocycles. The molecule has 0 amide bonds. The first-order chi connectivity index (χ1) is 14.3. The molecule has 5 rings (SSSR count). The largest absolute Gasteiger partial charge is 0.474 e. The maximum absolute atomic E-state index is 6.05. The van der Waals surface area contributed by atoms with Crippen molar-refractivity contribution in [3.8, 4) is 17.0 Å². The summed E-state index contributed by atoms with van der Waals surface area (Å²) in [6, 6.07) is 14.3. The zero-order valence-corrected chi connectivity index (χ0v) is 18.8. The number of H-pyrrole nitrogens is 1. The number of nitrogens with one attached hydrogen (secondary N) is 1. The number of hydrogen-bond acceptors (Lipinski definition) is 5. The molecule has 1 aliphatic heterocycles. The number of aromatic nitrogens is 4. The van der Waals surface area contributed by atoms with Crippen LogP contribution in [0.15, 0.2) is 61.1 Å². The molecule has 0 spiro atoms. The van der Waals surface area contributed by atoms with Crippen molar-refractivity contribution >= 4 is 41.4 Å². The Bertz CT molecular complexity index is 1130. The van der Waals surface area contributed by atoms with E-state index in [0.29, 0.717) is 5.88 Å². The number of hydrogen-bond donors (Lipinski definition) is 1. The quantitative estimate of drug-likeness (QED) is 0.454. The highest BCUT2D eigenvalue weighted by molar-refractivity contribution is 5.94. The van der Waals surface area contributed by atoms with Gasteiger partial charge in [-0.25, -0.2) is 4.98 Å². The summed E-state index contributed by atoms with van der Waals surface area (Å²) in [5, 5.41) is 8.36. The summed E-state index contributed by atoms with van der Waals surface area (Å²) >= 11 is 0. The Morgan fingerprint density at radius 1 is 1.00 bits per heavy atom. The molecule has 0 aliphatic carbocycles. The highest BCUT2D eigenvalue weighted by Crippen LogP contribution is 2.32. The van der Waals surface area contributed by atoms with Crippen molar-refractivity contribution in [1.29, 1.82) is 0 Å². The summed E-state index contributed by atoms with van der Waals surface area (Å²) in [6.45, 7) is 3.94. The van der Waals surface area contributed by atoms with Gasteiger partial charge in [-0.3, -0.25) is 10.1 Å². The number of ether oxygens (including phenoxy) is 1. The highest BCUT2D eigenvalue weighted by Gasteiger charge is 2.22. The van der Waals surface area contributed by atoms with E-state index in [1.54, 1.807) is 6.20 Å². The second-order valence-corrected chi connectivity index (χ2v) is 7.44. The third-order valence-electron chi connectivity index (χ3n) is 5.57. The van der Waals surface area contributed by atoms with Gasteiger partial charge in [-0.1, -0.05) is 12.1 Å². The van der Waals surface area contributed by atoms with Crippen LogP contribution in [0.4, 0.5) is 5.69 Å². The first-order valence-corrected chi connectivity index (χ1v) is 10.00. The predicted octanol–water partition coefficient (Wildman–Crippen LogP) is 5.22. The second kappa shape index (κ2) is 9.98. The van der Waals surface area contributed by atoms with E-state index in [0.717, 1.165) is 48.3 Å². The van der Waals surface area contributed by atoms with Gasteiger partial charge in [0, 0.05) is 66.7 Å². The molecule has 31 heavy (non-hydrogen) atoms. The van der Waals surface area contributed by atoms with Crippen molar-refractivity contribution in [1.82, 2.24) is 20.2 Å². The fraction of sp³-hybridized carbons (Fsp3) is 0.261. The Morgan fingerprint density at radius 3 is 2.55 bits per heavy atom. The number of nitrogens with zero attached hydrogens (tertiary/aromatic N) is 4. The van der Waals surface area contributed by atoms with Crippen molar-refractivity contribution in [3.05, 3.63) is 66.7 Å². The van der Waals surface area contributed by atoms with Gasteiger partial charge in [0.15, 0.2) is 0 Å². The summed E-state index contributed by atoms with van der Waals surface area (Å²) in [7, 11) is 0. The van der Waals surface area contributed by atoms with Crippen molar-refractivity contribution in [2.45, 2.75) is 25.9 Å². The predicted molar refractivity (Wildman–Crippen MR) is 129 cm³/mol. The molecule has 6 nitrogen and oxygen atoms in total. The van der Waals surface area contributed by atoms with Crippen LogP contribution in [0.1, 0.15) is 18.5 Å². The molecule has 0 bridgehead atoms. The summed E-state index contributed by atoms with van der Waals surface area (Å²) in [6.07, 6.45) is 7.71. The number of anilines is 1. The molecule has 4 aromatic rings. The molecule has 1 aliphatic rings. The fourth-order valence-corrected chi connectivity index (χ4v) is 4.02. The van der Waals surface area contributed by atoms with E-state index in [1.165, 1.54) is 11.1 Å². The minimum Gasteiger partial charge on any atom is -0.474 e. The van der Waals surface area contributed by atoms with Crippen LogP contribution in [-0.4, -0.2) is 39.4 Å². The monoisotopic (exact) mass is 457 g/mol. The fourth-order valence-electron chi connectivity index (χ4n) is 4.02. The number of benzene rings is 1.